The topological polar surface area (TPSA) is 93.1 Å². The van der Waals surface area contributed by atoms with E-state index in [1.165, 1.54) is 16.8 Å². The molecule has 0 bridgehead atoms. The van der Waals surface area contributed by atoms with E-state index >= 15 is 0 Å². The predicted octanol–water partition coefficient (Wildman–Crippen LogP) is 2.61. The summed E-state index contributed by atoms with van der Waals surface area (Å²) in [6.45, 7) is 3.60. The van der Waals surface area contributed by atoms with Crippen LogP contribution in [0.25, 0.3) is 10.8 Å². The number of carbonyl (C=O) groups excluding carboxylic acids is 2. The van der Waals surface area contributed by atoms with Crippen molar-refractivity contribution < 1.29 is 14.0 Å². The fourth-order valence-electron chi connectivity index (χ4n) is 3.56. The minimum atomic E-state index is -0.771. The molecule has 8 heteroatoms. The second-order valence-electron chi connectivity index (χ2n) is 7.73. The fourth-order valence-corrected chi connectivity index (χ4v) is 3.56. The van der Waals surface area contributed by atoms with E-state index in [9.17, 15) is 18.8 Å². The van der Waals surface area contributed by atoms with Gasteiger partial charge < -0.3 is 0 Å². The van der Waals surface area contributed by atoms with E-state index in [0.717, 1.165) is 0 Å². The molecule has 1 heterocycles. The Kier molecular flexibility index (Phi) is 4.85. The number of hydrazine groups is 1. The highest BCUT2D eigenvalue weighted by molar-refractivity contribution is 6.05. The van der Waals surface area contributed by atoms with Crippen LogP contribution >= 0.6 is 0 Å². The Balaban J connectivity index is 1.58. The summed E-state index contributed by atoms with van der Waals surface area (Å²) in [5, 5.41) is 5.01. The lowest BCUT2D eigenvalue weighted by Gasteiger charge is -2.17. The molecule has 1 fully saturated rings. The maximum atomic E-state index is 13.2. The molecule has 154 valence electrons. The summed E-state index contributed by atoms with van der Waals surface area (Å²) in [6, 6.07) is 12.3. The number of aromatic nitrogens is 2. The number of benzene rings is 2. The molecular weight excluding hydrogens is 387 g/mol. The van der Waals surface area contributed by atoms with Gasteiger partial charge in [-0.1, -0.05) is 30.3 Å². The molecule has 3 aromatic rings. The van der Waals surface area contributed by atoms with Crippen molar-refractivity contribution in [1.82, 2.24) is 20.6 Å². The summed E-state index contributed by atoms with van der Waals surface area (Å²) < 4.78 is 14.4. The number of hydrogen-bond donors (Lipinski definition) is 2. The van der Waals surface area contributed by atoms with Gasteiger partial charge in [-0.15, -0.1) is 0 Å². The summed E-state index contributed by atoms with van der Waals surface area (Å²) in [4.78, 5) is 38.2. The first kappa shape index (κ1) is 19.8. The van der Waals surface area contributed by atoms with Crippen LogP contribution in [-0.2, 0) is 10.2 Å². The molecule has 0 unspecified atom stereocenters. The van der Waals surface area contributed by atoms with E-state index in [1.807, 2.05) is 0 Å². The quantitative estimate of drug-likeness (QED) is 0.649. The Labute approximate surface area is 171 Å². The van der Waals surface area contributed by atoms with Gasteiger partial charge in [-0.05, 0) is 50.5 Å². The van der Waals surface area contributed by atoms with Crippen LogP contribution in [0.15, 0.2) is 53.3 Å². The number of halogens is 1. The van der Waals surface area contributed by atoms with E-state index in [4.69, 9.17) is 0 Å². The van der Waals surface area contributed by atoms with Crippen LogP contribution in [0.3, 0.4) is 0 Å². The lowest BCUT2D eigenvalue weighted by Crippen LogP contribution is -2.47. The summed E-state index contributed by atoms with van der Waals surface area (Å²) >= 11 is 0. The first-order chi connectivity index (χ1) is 14.3. The maximum Gasteiger partial charge on any atom is 0.290 e. The molecule has 2 N–H and O–H groups in total. The monoisotopic (exact) mass is 408 g/mol. The van der Waals surface area contributed by atoms with Gasteiger partial charge in [-0.2, -0.15) is 5.10 Å². The molecule has 1 saturated carbocycles. The molecule has 0 radical (unpaired) electrons. The van der Waals surface area contributed by atoms with Crippen LogP contribution in [0.5, 0.6) is 0 Å². The van der Waals surface area contributed by atoms with E-state index in [2.05, 4.69) is 16.0 Å². The van der Waals surface area contributed by atoms with E-state index in [1.54, 1.807) is 50.2 Å². The third kappa shape index (κ3) is 3.34. The SMILES string of the molecule is CC(C)n1nc(C(=O)NNC(=O)C2(c3ccc(F)cc3)CC2)c2ccccc2c1=O. The molecule has 2 aromatic carbocycles. The molecule has 1 aliphatic rings. The Hall–Kier alpha value is -3.55. The van der Waals surface area contributed by atoms with E-state index < -0.39 is 11.3 Å². The smallest absolute Gasteiger partial charge is 0.272 e. The molecule has 4 rings (SSSR count). The van der Waals surface area contributed by atoms with Crippen LogP contribution in [0.2, 0.25) is 0 Å². The molecule has 30 heavy (non-hydrogen) atoms. The van der Waals surface area contributed by atoms with E-state index in [-0.39, 0.29) is 29.0 Å². The van der Waals surface area contributed by atoms with Gasteiger partial charge in [-0.3, -0.25) is 25.2 Å². The molecule has 1 aliphatic carbocycles. The zero-order valence-electron chi connectivity index (χ0n) is 16.6. The largest absolute Gasteiger partial charge is 0.290 e. The zero-order chi connectivity index (χ0) is 21.5. The number of nitrogens with one attached hydrogen (secondary N) is 2. The lowest BCUT2D eigenvalue weighted by atomic mass is 9.95. The number of amides is 2. The van der Waals surface area contributed by atoms with Gasteiger partial charge in [0.15, 0.2) is 5.69 Å². The highest BCUT2D eigenvalue weighted by Gasteiger charge is 2.51. The van der Waals surface area contributed by atoms with Crippen molar-refractivity contribution in [3.05, 3.63) is 76.0 Å². The van der Waals surface area contributed by atoms with Gasteiger partial charge >= 0.3 is 0 Å². The second kappa shape index (κ2) is 7.37. The molecule has 7 nitrogen and oxygen atoms in total. The standard InChI is InChI=1S/C22H21FN4O3/c1-13(2)27-20(29)17-6-4-3-5-16(17)18(26-27)19(28)24-25-21(30)22(11-12-22)14-7-9-15(23)10-8-14/h3-10,13H,11-12H2,1-2H3,(H,24,28)(H,25,30). The van der Waals surface area contributed by atoms with Crippen molar-refractivity contribution in [3.8, 4) is 0 Å². The number of carbonyl (C=O) groups is 2. The lowest BCUT2D eigenvalue weighted by molar-refractivity contribution is -0.124. The first-order valence-corrected chi connectivity index (χ1v) is 9.72. The van der Waals surface area contributed by atoms with Crippen molar-refractivity contribution in [1.29, 1.82) is 0 Å². The zero-order valence-corrected chi connectivity index (χ0v) is 16.6. The normalized spacial score (nSPS) is 14.5. The Morgan fingerprint density at radius 3 is 2.27 bits per heavy atom. The number of rotatable bonds is 4. The molecule has 0 aliphatic heterocycles. The highest BCUT2D eigenvalue weighted by atomic mass is 19.1. The van der Waals surface area contributed by atoms with E-state index in [0.29, 0.717) is 29.2 Å². The number of fused-ring (bicyclic) bond motifs is 1. The van der Waals surface area contributed by atoms with Gasteiger partial charge in [-0.25, -0.2) is 9.07 Å². The number of nitrogens with zero attached hydrogens (tertiary/aromatic N) is 2. The second-order valence-corrected chi connectivity index (χ2v) is 7.73. The molecule has 2 amide bonds. The highest BCUT2D eigenvalue weighted by Crippen LogP contribution is 2.48. The summed E-state index contributed by atoms with van der Waals surface area (Å²) in [6.07, 6.45) is 1.22. The van der Waals surface area contributed by atoms with Crippen LogP contribution in [0, 0.1) is 5.82 Å². The minimum absolute atomic E-state index is 0.0471. The Bertz CT molecular complexity index is 1200. The average Bonchev–Trinajstić information content (AvgIpc) is 3.54. The fraction of sp³-hybridized carbons (Fsp3) is 0.273. The Morgan fingerprint density at radius 2 is 1.67 bits per heavy atom. The summed E-state index contributed by atoms with van der Waals surface area (Å²) in [7, 11) is 0. The average molecular weight is 408 g/mol. The number of hydrogen-bond acceptors (Lipinski definition) is 4. The van der Waals surface area contributed by atoms with Gasteiger partial charge in [0.25, 0.3) is 11.5 Å². The van der Waals surface area contributed by atoms with Crippen molar-refractivity contribution >= 4 is 22.6 Å². The van der Waals surface area contributed by atoms with Crippen molar-refractivity contribution in [3.63, 3.8) is 0 Å². The summed E-state index contributed by atoms with van der Waals surface area (Å²) in [5.74, 6) is -1.37. The van der Waals surface area contributed by atoms with Crippen LogP contribution < -0.4 is 16.4 Å². The molecule has 0 atom stereocenters. The van der Waals surface area contributed by atoms with Crippen LogP contribution in [0.4, 0.5) is 4.39 Å². The van der Waals surface area contributed by atoms with Crippen molar-refractivity contribution in [2.45, 2.75) is 38.1 Å². The van der Waals surface area contributed by atoms with Crippen molar-refractivity contribution in [2.24, 2.45) is 0 Å². The van der Waals surface area contributed by atoms with Crippen LogP contribution in [0.1, 0.15) is 48.8 Å². The molecule has 0 saturated heterocycles. The third-order valence-electron chi connectivity index (χ3n) is 5.40. The predicted molar refractivity (Wildman–Crippen MR) is 109 cm³/mol. The van der Waals surface area contributed by atoms with Gasteiger partial charge in [0.05, 0.1) is 16.8 Å². The maximum absolute atomic E-state index is 13.2. The van der Waals surface area contributed by atoms with Gasteiger partial charge in [0.2, 0.25) is 5.91 Å². The minimum Gasteiger partial charge on any atom is -0.272 e. The third-order valence-corrected chi connectivity index (χ3v) is 5.40. The summed E-state index contributed by atoms with van der Waals surface area (Å²) in [5.41, 5.74) is 4.57. The van der Waals surface area contributed by atoms with Gasteiger partial charge in [0.1, 0.15) is 5.82 Å². The molecular formula is C22H21FN4O3. The van der Waals surface area contributed by atoms with Gasteiger partial charge in [0, 0.05) is 5.39 Å². The Morgan fingerprint density at radius 1 is 1.03 bits per heavy atom. The molecule has 0 spiro atoms. The van der Waals surface area contributed by atoms with Crippen LogP contribution in [-0.4, -0.2) is 21.6 Å². The van der Waals surface area contributed by atoms with Crippen molar-refractivity contribution in [2.75, 3.05) is 0 Å². The molecule has 1 aromatic heterocycles. The first-order valence-electron chi connectivity index (χ1n) is 9.72.